The van der Waals surface area contributed by atoms with Crippen LogP contribution in [0.2, 0.25) is 0 Å². The summed E-state index contributed by atoms with van der Waals surface area (Å²) < 4.78 is 62.6. The first-order valence-electron chi connectivity index (χ1n) is 7.39. The second kappa shape index (κ2) is 7.98. The van der Waals surface area contributed by atoms with Crippen molar-refractivity contribution in [2.24, 2.45) is 0 Å². The lowest BCUT2D eigenvalue weighted by Gasteiger charge is -2.25. The molecule has 0 aromatic heterocycles. The first-order valence-corrected chi connectivity index (χ1v) is 9.24. The molecular weight excluding hydrogens is 345 g/mol. The third kappa shape index (κ3) is 6.12. The van der Waals surface area contributed by atoms with Crippen molar-refractivity contribution in [3.8, 4) is 0 Å². The summed E-state index contributed by atoms with van der Waals surface area (Å²) in [5, 5.41) is 2.36. The van der Waals surface area contributed by atoms with Crippen LogP contribution in [0.25, 0.3) is 0 Å². The molecule has 1 aromatic carbocycles. The highest BCUT2D eigenvalue weighted by atomic mass is 32.2. The third-order valence-corrected chi connectivity index (χ3v) is 4.94. The highest BCUT2D eigenvalue weighted by molar-refractivity contribution is 7.88. The summed E-state index contributed by atoms with van der Waals surface area (Å²) in [5.41, 5.74) is -0.845. The zero-order valence-electron chi connectivity index (χ0n) is 13.7. The van der Waals surface area contributed by atoms with Crippen LogP contribution in [0, 0.1) is 0 Å². The van der Waals surface area contributed by atoms with Crippen molar-refractivity contribution in [3.05, 3.63) is 29.8 Å². The molecule has 1 amide bonds. The second-order valence-electron chi connectivity index (χ2n) is 5.51. The minimum atomic E-state index is -4.50. The molecule has 0 fully saturated rings. The summed E-state index contributed by atoms with van der Waals surface area (Å²) in [6.07, 6.45) is -3.00. The summed E-state index contributed by atoms with van der Waals surface area (Å²) in [5.74, 6) is -0.550. The molecule has 1 N–H and O–H groups in total. The minimum absolute atomic E-state index is 0.0178. The van der Waals surface area contributed by atoms with Crippen LogP contribution >= 0.6 is 0 Å². The highest BCUT2D eigenvalue weighted by Crippen LogP contribution is 2.30. The average Bonchev–Trinajstić information content (AvgIpc) is 2.45. The normalized spacial score (nSPS) is 13.8. The number of amides is 1. The predicted molar refractivity (Wildman–Crippen MR) is 86.0 cm³/mol. The molecule has 5 nitrogen and oxygen atoms in total. The Balaban J connectivity index is 2.73. The summed E-state index contributed by atoms with van der Waals surface area (Å²) in [6.45, 7) is 3.52. The van der Waals surface area contributed by atoms with E-state index < -0.39 is 27.7 Å². The molecular formula is C15H21F3N2O3S. The van der Waals surface area contributed by atoms with Crippen LogP contribution in [-0.2, 0) is 21.0 Å². The van der Waals surface area contributed by atoms with Gasteiger partial charge in [-0.3, -0.25) is 4.79 Å². The summed E-state index contributed by atoms with van der Waals surface area (Å²) in [7, 11) is -3.47. The Labute approximate surface area is 139 Å². The van der Waals surface area contributed by atoms with Crippen molar-refractivity contribution in [1.82, 2.24) is 4.31 Å². The molecule has 0 spiro atoms. The van der Waals surface area contributed by atoms with Crippen molar-refractivity contribution in [2.75, 3.05) is 18.1 Å². The van der Waals surface area contributed by atoms with Crippen molar-refractivity contribution in [3.63, 3.8) is 0 Å². The van der Waals surface area contributed by atoms with E-state index in [9.17, 15) is 26.4 Å². The third-order valence-electron chi connectivity index (χ3n) is 3.54. The fourth-order valence-corrected chi connectivity index (χ4v) is 3.35. The van der Waals surface area contributed by atoms with Crippen molar-refractivity contribution < 1.29 is 26.4 Å². The Kier molecular flexibility index (Phi) is 6.79. The van der Waals surface area contributed by atoms with Gasteiger partial charge in [0.05, 0.1) is 11.8 Å². The van der Waals surface area contributed by atoms with Gasteiger partial charge < -0.3 is 5.32 Å². The molecule has 0 saturated heterocycles. The lowest BCUT2D eigenvalue weighted by atomic mass is 10.2. The monoisotopic (exact) mass is 366 g/mol. The molecule has 1 aromatic rings. The van der Waals surface area contributed by atoms with Crippen LogP contribution in [0.5, 0.6) is 0 Å². The number of hydrogen-bond donors (Lipinski definition) is 1. The van der Waals surface area contributed by atoms with Gasteiger partial charge in [0, 0.05) is 24.7 Å². The number of carbonyl (C=O) groups excluding carboxylic acids is 1. The first-order chi connectivity index (χ1) is 10.9. The van der Waals surface area contributed by atoms with Crippen LogP contribution in [0.1, 0.15) is 32.3 Å². The van der Waals surface area contributed by atoms with Gasteiger partial charge in [0.15, 0.2) is 0 Å². The van der Waals surface area contributed by atoms with Gasteiger partial charge in [0.1, 0.15) is 0 Å². The Morgan fingerprint density at radius 3 is 2.46 bits per heavy atom. The number of alkyl halides is 3. The van der Waals surface area contributed by atoms with Gasteiger partial charge in [-0.1, -0.05) is 13.0 Å². The van der Waals surface area contributed by atoms with Gasteiger partial charge in [-0.15, -0.1) is 0 Å². The maximum Gasteiger partial charge on any atom is 0.416 e. The quantitative estimate of drug-likeness (QED) is 0.806. The largest absolute Gasteiger partial charge is 0.416 e. The number of benzene rings is 1. The van der Waals surface area contributed by atoms with Gasteiger partial charge in [-0.25, -0.2) is 8.42 Å². The lowest BCUT2D eigenvalue weighted by Crippen LogP contribution is -2.39. The van der Waals surface area contributed by atoms with E-state index in [1.165, 1.54) is 16.4 Å². The molecule has 1 unspecified atom stereocenters. The topological polar surface area (TPSA) is 66.5 Å². The van der Waals surface area contributed by atoms with Gasteiger partial charge in [-0.05, 0) is 31.5 Å². The molecule has 1 atom stereocenters. The molecule has 0 aliphatic carbocycles. The number of sulfonamides is 1. The van der Waals surface area contributed by atoms with Gasteiger partial charge in [0.2, 0.25) is 15.9 Å². The van der Waals surface area contributed by atoms with Crippen LogP contribution in [0.15, 0.2) is 24.3 Å². The van der Waals surface area contributed by atoms with E-state index in [0.717, 1.165) is 18.4 Å². The summed E-state index contributed by atoms with van der Waals surface area (Å²) >= 11 is 0. The van der Waals surface area contributed by atoms with E-state index in [1.54, 1.807) is 6.92 Å². The van der Waals surface area contributed by atoms with Crippen LogP contribution in [0.4, 0.5) is 18.9 Å². The van der Waals surface area contributed by atoms with Gasteiger partial charge >= 0.3 is 6.18 Å². The smallest absolute Gasteiger partial charge is 0.326 e. The molecule has 9 heteroatoms. The molecule has 0 saturated carbocycles. The maximum atomic E-state index is 12.6. The first kappa shape index (κ1) is 20.4. The number of nitrogens with zero attached hydrogens (tertiary/aromatic N) is 1. The predicted octanol–water partition coefficient (Wildman–Crippen LogP) is 3.09. The number of rotatable bonds is 7. The van der Waals surface area contributed by atoms with Crippen LogP contribution in [-0.4, -0.2) is 37.5 Å². The fraction of sp³-hybridized carbons (Fsp3) is 0.533. The Morgan fingerprint density at radius 1 is 1.33 bits per heavy atom. The fourth-order valence-electron chi connectivity index (χ4n) is 2.13. The van der Waals surface area contributed by atoms with E-state index in [1.807, 2.05) is 6.92 Å². The number of hydrogen-bond acceptors (Lipinski definition) is 3. The number of nitrogens with one attached hydrogen (secondary N) is 1. The Morgan fingerprint density at radius 2 is 1.96 bits per heavy atom. The Hall–Kier alpha value is -1.61. The molecule has 0 radical (unpaired) electrons. The van der Waals surface area contributed by atoms with E-state index in [4.69, 9.17) is 0 Å². The zero-order chi connectivity index (χ0) is 18.5. The molecule has 1 rings (SSSR count). The van der Waals surface area contributed by atoms with Crippen molar-refractivity contribution in [2.45, 2.75) is 38.9 Å². The summed E-state index contributed by atoms with van der Waals surface area (Å²) in [6, 6.07) is 4.02. The molecule has 0 aliphatic heterocycles. The molecule has 0 bridgehead atoms. The molecule has 0 heterocycles. The van der Waals surface area contributed by atoms with E-state index in [2.05, 4.69) is 5.32 Å². The van der Waals surface area contributed by atoms with Crippen LogP contribution < -0.4 is 5.32 Å². The molecule has 0 aliphatic rings. The highest BCUT2D eigenvalue weighted by Gasteiger charge is 2.30. The molecule has 136 valence electrons. The lowest BCUT2D eigenvalue weighted by molar-refractivity contribution is -0.137. The SMILES string of the molecule is CCC(C)N(CCC(=O)Nc1cccc(C(F)(F)F)c1)S(C)(=O)=O. The second-order valence-corrected chi connectivity index (χ2v) is 7.44. The maximum absolute atomic E-state index is 12.6. The van der Waals surface area contributed by atoms with Gasteiger partial charge in [-0.2, -0.15) is 17.5 Å². The number of carbonyl (C=O) groups is 1. The van der Waals surface area contributed by atoms with Gasteiger partial charge in [0.25, 0.3) is 0 Å². The van der Waals surface area contributed by atoms with E-state index in [0.29, 0.717) is 6.42 Å². The zero-order valence-corrected chi connectivity index (χ0v) is 14.5. The minimum Gasteiger partial charge on any atom is -0.326 e. The molecule has 24 heavy (non-hydrogen) atoms. The van der Waals surface area contributed by atoms with Crippen LogP contribution in [0.3, 0.4) is 0 Å². The van der Waals surface area contributed by atoms with Crippen molar-refractivity contribution >= 4 is 21.6 Å². The Bertz CT molecular complexity index is 675. The summed E-state index contributed by atoms with van der Waals surface area (Å²) in [4.78, 5) is 11.9. The standard InChI is InChI=1S/C15H21F3N2O3S/c1-4-11(2)20(24(3,22)23)9-8-14(21)19-13-7-5-6-12(10-13)15(16,17)18/h5-7,10-11H,4,8-9H2,1-3H3,(H,19,21). The van der Waals surface area contributed by atoms with E-state index >= 15 is 0 Å². The average molecular weight is 366 g/mol. The van der Waals surface area contributed by atoms with E-state index in [-0.39, 0.29) is 24.7 Å². The van der Waals surface area contributed by atoms with Crippen molar-refractivity contribution in [1.29, 1.82) is 0 Å². The number of halogens is 3. The number of anilines is 1.